The fraction of sp³-hybridized carbons (Fsp3) is 1.00. The minimum atomic E-state index is -8.72. The van der Waals surface area contributed by atoms with E-state index in [2.05, 4.69) is 10.3 Å². The summed E-state index contributed by atoms with van der Waals surface area (Å²) < 4.78 is 239. The number of nitrogens with two attached hydrogens (primary N) is 2. The van der Waals surface area contributed by atoms with E-state index < -0.39 is 58.1 Å². The van der Waals surface area contributed by atoms with Crippen molar-refractivity contribution in [1.29, 1.82) is 0 Å². The third-order valence-corrected chi connectivity index (χ3v) is 2.68. The van der Waals surface area contributed by atoms with Crippen LogP contribution in [0.3, 0.4) is 0 Å². The molecule has 0 rings (SSSR count). The molecular formula is C8H4F18N2O2S. The molecule has 0 heterocycles. The highest BCUT2D eigenvalue weighted by molar-refractivity contribution is 7.86. The fourth-order valence-electron chi connectivity index (χ4n) is 1.14. The molecule has 31 heavy (non-hydrogen) atoms. The van der Waals surface area contributed by atoms with Gasteiger partial charge in [-0.15, -0.1) is 0 Å². The SMILES string of the molecule is FC(F)(F)C(F)(F)C(F)(F)C(F)(F)C(F)(F)C(F)(F)C(F)(F)C(F)(F)F.NS(N)(=O)=O. The van der Waals surface area contributed by atoms with Crippen LogP contribution >= 0.6 is 0 Å². The Hall–Kier alpha value is -1.39. The van der Waals surface area contributed by atoms with Gasteiger partial charge in [0.25, 0.3) is 10.2 Å². The average molecular weight is 534 g/mol. The molecule has 4 N–H and O–H groups in total. The maximum atomic E-state index is 12.8. The predicted octanol–water partition coefficient (Wildman–Crippen LogP) is 4.07. The van der Waals surface area contributed by atoms with Crippen LogP contribution < -0.4 is 10.3 Å². The Morgan fingerprint density at radius 1 is 0.355 bits per heavy atom. The molecular weight excluding hydrogens is 530 g/mol. The Morgan fingerprint density at radius 3 is 0.548 bits per heavy atom. The second-order valence-electron chi connectivity index (χ2n) is 5.03. The number of hydrogen-bond donors (Lipinski definition) is 2. The van der Waals surface area contributed by atoms with E-state index in [1.54, 1.807) is 0 Å². The zero-order valence-corrected chi connectivity index (χ0v) is 14.0. The van der Waals surface area contributed by atoms with Crippen LogP contribution in [0.25, 0.3) is 0 Å². The zero-order valence-electron chi connectivity index (χ0n) is 13.2. The highest BCUT2D eigenvalue weighted by atomic mass is 32.2. The molecule has 0 bridgehead atoms. The van der Waals surface area contributed by atoms with E-state index in [1.165, 1.54) is 0 Å². The third kappa shape index (κ3) is 5.34. The summed E-state index contributed by atoms with van der Waals surface area (Å²) in [5.74, 6) is -51.0. The van der Waals surface area contributed by atoms with E-state index in [-0.39, 0.29) is 0 Å². The molecule has 0 saturated carbocycles. The number of hydrogen-bond acceptors (Lipinski definition) is 2. The van der Waals surface area contributed by atoms with E-state index in [9.17, 15) is 87.4 Å². The topological polar surface area (TPSA) is 86.2 Å². The summed E-state index contributed by atoms with van der Waals surface area (Å²) in [6.45, 7) is 0. The maximum Gasteiger partial charge on any atom is 0.460 e. The van der Waals surface area contributed by atoms with Crippen LogP contribution in [0.2, 0.25) is 0 Å². The molecule has 0 amide bonds. The van der Waals surface area contributed by atoms with Gasteiger partial charge >= 0.3 is 47.9 Å². The van der Waals surface area contributed by atoms with Crippen LogP contribution in [-0.4, -0.2) is 56.3 Å². The molecule has 4 nitrogen and oxygen atoms in total. The number of alkyl halides is 18. The first kappa shape index (κ1) is 31.8. The summed E-state index contributed by atoms with van der Waals surface area (Å²) in [5.41, 5.74) is 0. The number of rotatable bonds is 5. The lowest BCUT2D eigenvalue weighted by atomic mass is 9.91. The Balaban J connectivity index is 0. The largest absolute Gasteiger partial charge is 0.460 e. The molecule has 0 atom stereocenters. The van der Waals surface area contributed by atoms with Crippen LogP contribution in [0.5, 0.6) is 0 Å². The summed E-state index contributed by atoms with van der Waals surface area (Å²) in [4.78, 5) is 0. The first-order valence-corrected chi connectivity index (χ1v) is 7.57. The van der Waals surface area contributed by atoms with Crippen molar-refractivity contribution in [2.45, 2.75) is 47.9 Å². The molecule has 0 aromatic heterocycles. The van der Waals surface area contributed by atoms with Crippen molar-refractivity contribution in [3.05, 3.63) is 0 Å². The van der Waals surface area contributed by atoms with Gasteiger partial charge in [0.1, 0.15) is 0 Å². The monoisotopic (exact) mass is 534 g/mol. The van der Waals surface area contributed by atoms with Crippen molar-refractivity contribution in [2.24, 2.45) is 10.3 Å². The zero-order chi connectivity index (χ0) is 26.5. The number of halogens is 18. The molecule has 0 aliphatic carbocycles. The smallest absolute Gasteiger partial charge is 0.216 e. The van der Waals surface area contributed by atoms with Crippen LogP contribution in [0.1, 0.15) is 0 Å². The van der Waals surface area contributed by atoms with E-state index in [0.717, 1.165) is 0 Å². The van der Waals surface area contributed by atoms with Crippen molar-refractivity contribution in [1.82, 2.24) is 0 Å². The highest BCUT2D eigenvalue weighted by Crippen LogP contribution is 2.63. The van der Waals surface area contributed by atoms with Gasteiger partial charge in [0.05, 0.1) is 0 Å². The normalized spacial score (nSPS) is 16.0. The Kier molecular flexibility index (Phi) is 8.08. The minimum Gasteiger partial charge on any atom is -0.216 e. The van der Waals surface area contributed by atoms with Crippen LogP contribution in [0, 0.1) is 0 Å². The molecule has 23 heteroatoms. The first-order chi connectivity index (χ1) is 12.8. The molecule has 0 aromatic rings. The Labute approximate surface area is 157 Å². The summed E-state index contributed by atoms with van der Waals surface area (Å²) in [6, 6.07) is 0. The van der Waals surface area contributed by atoms with Gasteiger partial charge in [-0.2, -0.15) is 87.4 Å². The van der Waals surface area contributed by atoms with Gasteiger partial charge in [-0.1, -0.05) is 0 Å². The summed E-state index contributed by atoms with van der Waals surface area (Å²) in [7, 11) is -3.67. The molecule has 0 spiro atoms. The van der Waals surface area contributed by atoms with Gasteiger partial charge in [-0.25, -0.2) is 10.3 Å². The quantitative estimate of drug-likeness (QED) is 0.522. The summed E-state index contributed by atoms with van der Waals surface area (Å²) in [5, 5.41) is 8.21. The molecule has 190 valence electrons. The highest BCUT2D eigenvalue weighted by Gasteiger charge is 2.95. The van der Waals surface area contributed by atoms with Crippen molar-refractivity contribution in [3.8, 4) is 0 Å². The van der Waals surface area contributed by atoms with Gasteiger partial charge in [0.15, 0.2) is 0 Å². The maximum absolute atomic E-state index is 12.8. The second kappa shape index (κ2) is 7.88. The van der Waals surface area contributed by atoms with E-state index >= 15 is 0 Å². The molecule has 0 fully saturated rings. The molecule has 0 aliphatic heterocycles. The van der Waals surface area contributed by atoms with Crippen molar-refractivity contribution in [3.63, 3.8) is 0 Å². The third-order valence-electron chi connectivity index (χ3n) is 2.68. The minimum absolute atomic E-state index is 3.67. The van der Waals surface area contributed by atoms with Crippen molar-refractivity contribution < 1.29 is 87.4 Å². The first-order valence-electron chi connectivity index (χ1n) is 5.96. The Bertz CT molecular complexity index is 679. The Morgan fingerprint density at radius 2 is 0.452 bits per heavy atom. The molecule has 0 aromatic carbocycles. The van der Waals surface area contributed by atoms with Crippen LogP contribution in [-0.2, 0) is 10.2 Å². The van der Waals surface area contributed by atoms with Gasteiger partial charge in [-0.05, 0) is 0 Å². The van der Waals surface area contributed by atoms with Gasteiger partial charge in [0, 0.05) is 0 Å². The summed E-state index contributed by atoms with van der Waals surface area (Å²) in [6.07, 6.45) is -15.6. The second-order valence-corrected chi connectivity index (χ2v) is 6.21. The van der Waals surface area contributed by atoms with Gasteiger partial charge in [-0.3, -0.25) is 0 Å². The average Bonchev–Trinajstić information content (AvgIpc) is 2.41. The lowest BCUT2D eigenvalue weighted by Gasteiger charge is -2.41. The molecule has 0 aliphatic rings. The standard InChI is InChI=1S/C8F18.H4N2O2S/c9-1(10,3(13,14)5(17,18)7(21,22)23)2(11,12)4(15,16)6(19,20)8(24,25)26;1-5(2,3)4/h;(H4,1,2,3,4). The molecule has 0 saturated heterocycles. The lowest BCUT2D eigenvalue weighted by molar-refractivity contribution is -0.468. The predicted molar refractivity (Wildman–Crippen MR) is 59.1 cm³/mol. The lowest BCUT2D eigenvalue weighted by Crippen LogP contribution is -2.74. The van der Waals surface area contributed by atoms with E-state index in [4.69, 9.17) is 0 Å². The van der Waals surface area contributed by atoms with E-state index in [0.29, 0.717) is 0 Å². The fourth-order valence-corrected chi connectivity index (χ4v) is 1.14. The summed E-state index contributed by atoms with van der Waals surface area (Å²) >= 11 is 0. The van der Waals surface area contributed by atoms with Crippen LogP contribution in [0.4, 0.5) is 79.0 Å². The molecule has 0 unspecified atom stereocenters. The van der Waals surface area contributed by atoms with Crippen LogP contribution in [0.15, 0.2) is 0 Å². The van der Waals surface area contributed by atoms with E-state index in [1.807, 2.05) is 0 Å². The van der Waals surface area contributed by atoms with Gasteiger partial charge < -0.3 is 0 Å². The van der Waals surface area contributed by atoms with Crippen molar-refractivity contribution >= 4 is 10.2 Å². The molecule has 0 radical (unpaired) electrons. The van der Waals surface area contributed by atoms with Gasteiger partial charge in [0.2, 0.25) is 0 Å². The van der Waals surface area contributed by atoms with Crippen molar-refractivity contribution in [2.75, 3.05) is 0 Å².